The lowest BCUT2D eigenvalue weighted by atomic mass is 9.85. The van der Waals surface area contributed by atoms with Gasteiger partial charge in [0.15, 0.2) is 0 Å². The number of hydrogen-bond acceptors (Lipinski definition) is 11. The van der Waals surface area contributed by atoms with Gasteiger partial charge in [-0.3, -0.25) is 13.8 Å². The predicted octanol–water partition coefficient (Wildman–Crippen LogP) is 10.5. The van der Waals surface area contributed by atoms with Crippen LogP contribution in [0.4, 0.5) is 0 Å². The Morgan fingerprint density at radius 1 is 0.516 bits per heavy atom. The molecule has 1 saturated carbocycles. The molecule has 1 aliphatic rings. The number of carbonyl (C=O) groups is 1. The third-order valence-corrected chi connectivity index (χ3v) is 11.8. The zero-order chi connectivity index (χ0) is 46.9. The normalized spacial score (nSPS) is 22.4. The van der Waals surface area contributed by atoms with Gasteiger partial charge in [-0.1, -0.05) is 170 Å². The first-order chi connectivity index (χ1) is 31.0. The smallest absolute Gasteiger partial charge is 0.457 e. The SMILES string of the molecule is CC/C=C\C/C=C\C/C=C\C/C=C\C/C=C\CCOCC(COP(=O)(O)OC1C(O)C(O)C(O)C(O)C1O)OC(=O)CCCCCCCCCCC/C=C\C/C=C\CCCCCCC. The second kappa shape index (κ2) is 40.8. The number of allylic oxidation sites excluding steroid dienone is 13. The highest BCUT2D eigenvalue weighted by Gasteiger charge is 2.51. The molecule has 0 aliphatic heterocycles. The summed E-state index contributed by atoms with van der Waals surface area (Å²) in [5.74, 6) is -0.509. The Bertz CT molecular complexity index is 1380. The van der Waals surface area contributed by atoms with E-state index >= 15 is 0 Å². The van der Waals surface area contributed by atoms with Crippen LogP contribution < -0.4 is 0 Å². The Balaban J connectivity index is 2.41. The fourth-order valence-corrected chi connectivity index (χ4v) is 7.89. The first-order valence-corrected chi connectivity index (χ1v) is 25.9. The number of hydrogen-bond donors (Lipinski definition) is 6. The largest absolute Gasteiger partial charge is 0.472 e. The minimum absolute atomic E-state index is 0.137. The van der Waals surface area contributed by atoms with Crippen LogP contribution in [-0.4, -0.2) is 98.9 Å². The predicted molar refractivity (Wildman–Crippen MR) is 258 cm³/mol. The van der Waals surface area contributed by atoms with Gasteiger partial charge in [0, 0.05) is 6.42 Å². The minimum atomic E-state index is -5.05. The van der Waals surface area contributed by atoms with Gasteiger partial charge in [0.1, 0.15) is 42.7 Å². The van der Waals surface area contributed by atoms with E-state index in [0.29, 0.717) is 19.4 Å². The molecule has 1 fully saturated rings. The Labute approximate surface area is 386 Å². The lowest BCUT2D eigenvalue weighted by Gasteiger charge is -2.41. The van der Waals surface area contributed by atoms with Gasteiger partial charge in [0.05, 0.1) is 19.8 Å². The highest BCUT2D eigenvalue weighted by atomic mass is 31.2. The Morgan fingerprint density at radius 3 is 1.41 bits per heavy atom. The van der Waals surface area contributed by atoms with E-state index in [1.54, 1.807) is 0 Å². The van der Waals surface area contributed by atoms with E-state index in [2.05, 4.69) is 86.8 Å². The molecule has 0 bridgehead atoms. The number of unbranched alkanes of at least 4 members (excludes halogenated alkanes) is 14. The standard InChI is InChI=1S/C51H87O12P/c1-3-5-7-9-11-13-15-17-19-21-22-23-24-25-26-28-30-32-34-36-38-40-45(52)62-44(43-61-64(58,59)63-51-49(56)47(54)46(53)48(55)50(51)57)42-60-41-39-37-35-33-31-29-27-20-18-16-14-12-10-8-6-4-2/h6,8,12,14-15,17-18,20-22,29,31,35,37,44,46-51,53-57H,3-5,7,9-11,13,16,19,23-28,30,32-34,36,38-43H2,1-2H3,(H,58,59)/b8-6-,14-12-,17-15-,20-18-,22-21-,31-29-,37-35-. The highest BCUT2D eigenvalue weighted by molar-refractivity contribution is 7.47. The van der Waals surface area contributed by atoms with Gasteiger partial charge in [-0.05, 0) is 77.0 Å². The number of phosphoric ester groups is 1. The van der Waals surface area contributed by atoms with E-state index in [9.17, 15) is 39.8 Å². The summed E-state index contributed by atoms with van der Waals surface area (Å²) in [7, 11) is -5.05. The molecular formula is C51H87O12P. The van der Waals surface area contributed by atoms with E-state index in [4.69, 9.17) is 18.5 Å². The van der Waals surface area contributed by atoms with E-state index in [0.717, 1.165) is 70.6 Å². The molecule has 0 aromatic carbocycles. The average Bonchev–Trinajstić information content (AvgIpc) is 3.28. The Hall–Kier alpha value is -2.48. The van der Waals surface area contributed by atoms with Crippen LogP contribution >= 0.6 is 7.82 Å². The number of ether oxygens (including phenoxy) is 2. The molecule has 0 saturated heterocycles. The highest BCUT2D eigenvalue weighted by Crippen LogP contribution is 2.47. The molecular weight excluding hydrogens is 836 g/mol. The van der Waals surface area contributed by atoms with Crippen molar-refractivity contribution in [2.75, 3.05) is 19.8 Å². The Kier molecular flexibility index (Phi) is 37.9. The molecule has 0 aromatic heterocycles. The second-order valence-corrected chi connectivity index (χ2v) is 18.0. The van der Waals surface area contributed by atoms with Gasteiger partial charge in [-0.15, -0.1) is 0 Å². The van der Waals surface area contributed by atoms with Crippen molar-refractivity contribution in [3.05, 3.63) is 85.1 Å². The molecule has 368 valence electrons. The summed E-state index contributed by atoms with van der Waals surface area (Å²) < 4.78 is 34.1. The van der Waals surface area contributed by atoms with Gasteiger partial charge in [0.25, 0.3) is 0 Å². The van der Waals surface area contributed by atoms with E-state index in [1.807, 2.05) is 12.2 Å². The lowest BCUT2D eigenvalue weighted by Crippen LogP contribution is -2.64. The number of carbonyl (C=O) groups excluding carboxylic acids is 1. The summed E-state index contributed by atoms with van der Waals surface area (Å²) in [5.41, 5.74) is 0. The zero-order valence-electron chi connectivity index (χ0n) is 39.3. The second-order valence-electron chi connectivity index (χ2n) is 16.6. The van der Waals surface area contributed by atoms with Gasteiger partial charge < -0.3 is 39.9 Å². The van der Waals surface area contributed by atoms with Crippen LogP contribution in [0.2, 0.25) is 0 Å². The van der Waals surface area contributed by atoms with Crippen molar-refractivity contribution in [2.45, 2.75) is 211 Å². The summed E-state index contributed by atoms with van der Waals surface area (Å²) in [6.07, 6.45) is 42.4. The minimum Gasteiger partial charge on any atom is -0.457 e. The molecule has 6 unspecified atom stereocenters. The maximum atomic E-state index is 12.8. The van der Waals surface area contributed by atoms with Crippen molar-refractivity contribution in [3.63, 3.8) is 0 Å². The van der Waals surface area contributed by atoms with Crippen LogP contribution in [0.5, 0.6) is 0 Å². The van der Waals surface area contributed by atoms with Gasteiger partial charge in [-0.25, -0.2) is 4.57 Å². The van der Waals surface area contributed by atoms with Gasteiger partial charge in [-0.2, -0.15) is 0 Å². The molecule has 0 amide bonds. The first-order valence-electron chi connectivity index (χ1n) is 24.4. The molecule has 1 aliphatic carbocycles. The van der Waals surface area contributed by atoms with Crippen LogP contribution in [-0.2, 0) is 27.9 Å². The molecule has 13 heteroatoms. The van der Waals surface area contributed by atoms with Crippen LogP contribution in [0.25, 0.3) is 0 Å². The summed E-state index contributed by atoms with van der Waals surface area (Å²) in [6, 6.07) is 0. The number of phosphoric acid groups is 1. The summed E-state index contributed by atoms with van der Waals surface area (Å²) >= 11 is 0. The molecule has 0 heterocycles. The third kappa shape index (κ3) is 32.2. The molecule has 64 heavy (non-hydrogen) atoms. The average molecular weight is 923 g/mol. The van der Waals surface area contributed by atoms with Gasteiger partial charge >= 0.3 is 13.8 Å². The topological polar surface area (TPSA) is 192 Å². The molecule has 0 spiro atoms. The molecule has 6 N–H and O–H groups in total. The molecule has 1 rings (SSSR count). The number of aliphatic hydroxyl groups excluding tert-OH is 5. The number of rotatable bonds is 40. The van der Waals surface area contributed by atoms with Crippen molar-refractivity contribution in [1.82, 2.24) is 0 Å². The van der Waals surface area contributed by atoms with Crippen molar-refractivity contribution in [3.8, 4) is 0 Å². The number of esters is 1. The maximum absolute atomic E-state index is 12.8. The molecule has 6 atom stereocenters. The Morgan fingerprint density at radius 2 is 0.922 bits per heavy atom. The lowest BCUT2D eigenvalue weighted by molar-refractivity contribution is -0.220. The quantitative estimate of drug-likeness (QED) is 0.0148. The fourth-order valence-electron chi connectivity index (χ4n) is 6.92. The number of aliphatic hydroxyl groups is 5. The first kappa shape index (κ1) is 59.5. The van der Waals surface area contributed by atoms with Crippen molar-refractivity contribution in [1.29, 1.82) is 0 Å². The fraction of sp³-hybridized carbons (Fsp3) is 0.706. The van der Waals surface area contributed by atoms with E-state index in [1.165, 1.54) is 64.2 Å². The molecule has 0 radical (unpaired) electrons. The monoisotopic (exact) mass is 923 g/mol. The van der Waals surface area contributed by atoms with E-state index < -0.39 is 63.1 Å². The van der Waals surface area contributed by atoms with Crippen molar-refractivity contribution in [2.24, 2.45) is 0 Å². The van der Waals surface area contributed by atoms with Crippen LogP contribution in [0.15, 0.2) is 85.1 Å². The summed E-state index contributed by atoms with van der Waals surface area (Å²) in [6.45, 7) is 3.91. The van der Waals surface area contributed by atoms with Crippen LogP contribution in [0.1, 0.15) is 168 Å². The van der Waals surface area contributed by atoms with Crippen LogP contribution in [0, 0.1) is 0 Å². The summed E-state index contributed by atoms with van der Waals surface area (Å²) in [4.78, 5) is 23.2. The van der Waals surface area contributed by atoms with Crippen molar-refractivity contribution >= 4 is 13.8 Å². The van der Waals surface area contributed by atoms with Crippen LogP contribution in [0.3, 0.4) is 0 Å². The molecule has 0 aromatic rings. The van der Waals surface area contributed by atoms with E-state index in [-0.39, 0.29) is 13.0 Å². The summed E-state index contributed by atoms with van der Waals surface area (Å²) in [5, 5.41) is 50.2. The maximum Gasteiger partial charge on any atom is 0.472 e. The molecule has 12 nitrogen and oxygen atoms in total. The zero-order valence-corrected chi connectivity index (χ0v) is 40.2. The third-order valence-electron chi connectivity index (χ3n) is 10.8. The van der Waals surface area contributed by atoms with Crippen molar-refractivity contribution < 1.29 is 58.3 Å². The van der Waals surface area contributed by atoms with Gasteiger partial charge in [0.2, 0.25) is 0 Å².